The third-order valence-electron chi connectivity index (χ3n) is 2.17. The molecule has 2 aromatic rings. The Hall–Kier alpha value is -1.85. The highest BCUT2D eigenvalue weighted by atomic mass is 35.5. The molecule has 0 unspecified atom stereocenters. The Labute approximate surface area is 118 Å². The van der Waals surface area contributed by atoms with Crippen LogP contribution in [0.15, 0.2) is 30.6 Å². The monoisotopic (exact) mass is 298 g/mol. The van der Waals surface area contributed by atoms with Gasteiger partial charge in [0.1, 0.15) is 12.4 Å². The van der Waals surface area contributed by atoms with Crippen LogP contribution in [0.2, 0.25) is 10.0 Å². The van der Waals surface area contributed by atoms with E-state index < -0.39 is 5.97 Å². The van der Waals surface area contributed by atoms with Gasteiger partial charge in [-0.3, -0.25) is 4.98 Å². The minimum atomic E-state index is -1.14. The number of hydrogen-bond acceptors (Lipinski definition) is 4. The maximum absolute atomic E-state index is 10.7. The van der Waals surface area contributed by atoms with Crippen LogP contribution in [0.25, 0.3) is 0 Å². The van der Waals surface area contributed by atoms with Crippen molar-refractivity contribution in [3.05, 3.63) is 52.0 Å². The average molecular weight is 299 g/mol. The Morgan fingerprint density at radius 1 is 1.32 bits per heavy atom. The first-order valence-electron chi connectivity index (χ1n) is 5.18. The summed E-state index contributed by atoms with van der Waals surface area (Å²) in [6.07, 6.45) is 2.59. The zero-order chi connectivity index (χ0) is 13.8. The summed E-state index contributed by atoms with van der Waals surface area (Å²) in [6, 6.07) is 4.82. The molecular formula is C12H8Cl2N2O3. The number of nitrogens with zero attached hydrogens (tertiary/aromatic N) is 2. The van der Waals surface area contributed by atoms with E-state index in [1.165, 1.54) is 12.4 Å². The molecule has 0 spiro atoms. The molecule has 19 heavy (non-hydrogen) atoms. The van der Waals surface area contributed by atoms with Crippen LogP contribution >= 0.6 is 23.2 Å². The van der Waals surface area contributed by atoms with Crippen LogP contribution < -0.4 is 4.74 Å². The van der Waals surface area contributed by atoms with Gasteiger partial charge < -0.3 is 9.84 Å². The van der Waals surface area contributed by atoms with Gasteiger partial charge >= 0.3 is 5.97 Å². The number of rotatable bonds is 4. The van der Waals surface area contributed by atoms with Gasteiger partial charge in [-0.15, -0.1) is 0 Å². The van der Waals surface area contributed by atoms with Gasteiger partial charge in [0.2, 0.25) is 0 Å². The van der Waals surface area contributed by atoms with E-state index in [0.29, 0.717) is 21.5 Å². The molecule has 98 valence electrons. The molecule has 0 aliphatic rings. The Morgan fingerprint density at radius 3 is 2.79 bits per heavy atom. The van der Waals surface area contributed by atoms with Crippen molar-refractivity contribution >= 4 is 29.2 Å². The van der Waals surface area contributed by atoms with Crippen LogP contribution in [-0.4, -0.2) is 21.0 Å². The number of carboxylic acids is 1. The van der Waals surface area contributed by atoms with E-state index >= 15 is 0 Å². The van der Waals surface area contributed by atoms with Crippen molar-refractivity contribution in [3.8, 4) is 5.75 Å². The van der Waals surface area contributed by atoms with Crippen molar-refractivity contribution in [2.75, 3.05) is 0 Å². The number of halogens is 2. The second-order valence-electron chi connectivity index (χ2n) is 3.56. The second-order valence-corrected chi connectivity index (χ2v) is 4.41. The van der Waals surface area contributed by atoms with Gasteiger partial charge in [-0.1, -0.05) is 23.2 Å². The van der Waals surface area contributed by atoms with E-state index in [4.69, 9.17) is 33.0 Å². The minimum absolute atomic E-state index is 0.0650. The van der Waals surface area contributed by atoms with Crippen LogP contribution in [0.5, 0.6) is 5.75 Å². The molecule has 1 heterocycles. The van der Waals surface area contributed by atoms with Gasteiger partial charge in [0.05, 0.1) is 23.1 Å². The molecule has 5 nitrogen and oxygen atoms in total. The van der Waals surface area contributed by atoms with Crippen LogP contribution in [-0.2, 0) is 6.61 Å². The van der Waals surface area contributed by atoms with Gasteiger partial charge in [0, 0.05) is 5.02 Å². The fourth-order valence-electron chi connectivity index (χ4n) is 1.32. The summed E-state index contributed by atoms with van der Waals surface area (Å²) in [5.74, 6) is -0.701. The fraction of sp³-hybridized carbons (Fsp3) is 0.0833. The van der Waals surface area contributed by atoms with Gasteiger partial charge in [0.25, 0.3) is 0 Å². The lowest BCUT2D eigenvalue weighted by atomic mass is 10.3. The highest BCUT2D eigenvalue weighted by Gasteiger charge is 2.08. The highest BCUT2D eigenvalue weighted by Crippen LogP contribution is 2.27. The highest BCUT2D eigenvalue weighted by molar-refractivity contribution is 6.35. The third kappa shape index (κ3) is 3.56. The normalized spacial score (nSPS) is 10.2. The summed E-state index contributed by atoms with van der Waals surface area (Å²) in [4.78, 5) is 18.4. The Kier molecular flexibility index (Phi) is 4.19. The van der Waals surface area contributed by atoms with Crippen LogP contribution in [0.1, 0.15) is 16.2 Å². The number of carbonyl (C=O) groups is 1. The lowest BCUT2D eigenvalue weighted by Gasteiger charge is -2.07. The summed E-state index contributed by atoms with van der Waals surface area (Å²) in [7, 11) is 0. The van der Waals surface area contributed by atoms with Gasteiger partial charge in [-0.25, -0.2) is 9.78 Å². The van der Waals surface area contributed by atoms with Gasteiger partial charge in [-0.2, -0.15) is 0 Å². The standard InChI is InChI=1S/C12H8Cl2N2O3/c13-7-1-2-11(9(14)3-7)19-6-8-4-15-5-10(16-8)12(17)18/h1-5H,6H2,(H,17,18). The van der Waals surface area contributed by atoms with E-state index in [2.05, 4.69) is 9.97 Å². The molecule has 1 aromatic carbocycles. The molecule has 0 bridgehead atoms. The van der Waals surface area contributed by atoms with Crippen LogP contribution in [0.3, 0.4) is 0 Å². The summed E-state index contributed by atoms with van der Waals surface area (Å²) in [5, 5.41) is 9.66. The van der Waals surface area contributed by atoms with Crippen molar-refractivity contribution in [2.45, 2.75) is 6.61 Å². The van der Waals surface area contributed by atoms with Crippen molar-refractivity contribution in [1.29, 1.82) is 0 Å². The SMILES string of the molecule is O=C(O)c1cncc(COc2ccc(Cl)cc2Cl)n1. The molecule has 0 amide bonds. The van der Waals surface area contributed by atoms with Crippen LogP contribution in [0, 0.1) is 0 Å². The molecule has 7 heteroatoms. The zero-order valence-electron chi connectivity index (χ0n) is 9.51. The number of aromatic nitrogens is 2. The van der Waals surface area contributed by atoms with E-state index in [1.807, 2.05) is 0 Å². The number of benzene rings is 1. The zero-order valence-corrected chi connectivity index (χ0v) is 11.0. The summed E-state index contributed by atoms with van der Waals surface area (Å²) in [5.41, 5.74) is 0.259. The Morgan fingerprint density at radius 2 is 2.11 bits per heavy atom. The molecule has 0 aliphatic carbocycles. The fourth-order valence-corrected chi connectivity index (χ4v) is 1.79. The number of aromatic carboxylic acids is 1. The number of ether oxygens (including phenoxy) is 1. The topological polar surface area (TPSA) is 72.3 Å². The van der Waals surface area contributed by atoms with Crippen LogP contribution in [0.4, 0.5) is 0 Å². The average Bonchev–Trinajstić information content (AvgIpc) is 2.38. The first kappa shape index (κ1) is 13.6. The smallest absolute Gasteiger partial charge is 0.356 e. The molecule has 1 aromatic heterocycles. The molecule has 0 saturated carbocycles. The van der Waals surface area contributed by atoms with Crippen molar-refractivity contribution in [1.82, 2.24) is 9.97 Å². The predicted molar refractivity (Wildman–Crippen MR) is 69.8 cm³/mol. The first-order chi connectivity index (χ1) is 9.06. The maximum Gasteiger partial charge on any atom is 0.356 e. The molecule has 0 aliphatic heterocycles. The quantitative estimate of drug-likeness (QED) is 0.939. The molecule has 0 radical (unpaired) electrons. The Balaban J connectivity index is 2.10. The molecule has 2 rings (SSSR count). The molecule has 0 saturated heterocycles. The summed E-state index contributed by atoms with van der Waals surface area (Å²) < 4.78 is 5.43. The van der Waals surface area contributed by atoms with Crippen molar-refractivity contribution in [2.24, 2.45) is 0 Å². The van der Waals surface area contributed by atoms with E-state index in [-0.39, 0.29) is 12.3 Å². The molecular weight excluding hydrogens is 291 g/mol. The van der Waals surface area contributed by atoms with Gasteiger partial charge in [0.15, 0.2) is 5.69 Å². The number of carboxylic acid groups (broad SMARTS) is 1. The summed E-state index contributed by atoms with van der Waals surface area (Å²) in [6.45, 7) is 0.0650. The molecule has 1 N–H and O–H groups in total. The van der Waals surface area contributed by atoms with E-state index in [0.717, 1.165) is 0 Å². The lowest BCUT2D eigenvalue weighted by molar-refractivity contribution is 0.0689. The number of hydrogen-bond donors (Lipinski definition) is 1. The largest absolute Gasteiger partial charge is 0.486 e. The predicted octanol–water partition coefficient (Wildman–Crippen LogP) is 3.06. The van der Waals surface area contributed by atoms with Crippen molar-refractivity contribution < 1.29 is 14.6 Å². The second kappa shape index (κ2) is 5.86. The first-order valence-corrected chi connectivity index (χ1v) is 5.94. The van der Waals surface area contributed by atoms with E-state index in [1.54, 1.807) is 18.2 Å². The lowest BCUT2D eigenvalue weighted by Crippen LogP contribution is -2.06. The Bertz CT molecular complexity index is 620. The third-order valence-corrected chi connectivity index (χ3v) is 2.70. The maximum atomic E-state index is 10.7. The molecule has 0 fully saturated rings. The van der Waals surface area contributed by atoms with Crippen molar-refractivity contribution in [3.63, 3.8) is 0 Å². The van der Waals surface area contributed by atoms with E-state index in [9.17, 15) is 4.79 Å². The summed E-state index contributed by atoms with van der Waals surface area (Å²) >= 11 is 11.7. The minimum Gasteiger partial charge on any atom is -0.486 e. The van der Waals surface area contributed by atoms with Gasteiger partial charge in [-0.05, 0) is 18.2 Å². The molecule has 0 atom stereocenters.